The van der Waals surface area contributed by atoms with Crippen molar-refractivity contribution in [1.29, 1.82) is 0 Å². The molecule has 1 rings (SSSR count). The maximum absolute atomic E-state index is 5.69. The maximum Gasteiger partial charge on any atom is 0.125 e. The molecule has 16 heavy (non-hydrogen) atoms. The summed E-state index contributed by atoms with van der Waals surface area (Å²) < 4.78 is 5.69. The molecular weight excluding hydrogens is 220 g/mol. The van der Waals surface area contributed by atoms with Crippen molar-refractivity contribution >= 4 is 11.3 Å². The van der Waals surface area contributed by atoms with Gasteiger partial charge in [-0.3, -0.25) is 0 Å². The van der Waals surface area contributed by atoms with E-state index in [2.05, 4.69) is 25.8 Å². The van der Waals surface area contributed by atoms with Crippen molar-refractivity contribution < 1.29 is 4.74 Å². The summed E-state index contributed by atoms with van der Waals surface area (Å²) in [7, 11) is 1.77. The number of aryl methyl sites for hydroxylation is 1. The summed E-state index contributed by atoms with van der Waals surface area (Å²) in [5.74, 6) is 0. The lowest BCUT2D eigenvalue weighted by Gasteiger charge is -2.27. The fourth-order valence-corrected chi connectivity index (χ4v) is 3.30. The second-order valence-corrected chi connectivity index (χ2v) is 5.06. The van der Waals surface area contributed by atoms with Crippen LogP contribution in [0, 0.1) is 6.92 Å². The molecule has 0 aliphatic heterocycles. The molecule has 0 saturated heterocycles. The molecule has 0 aliphatic carbocycles. The molecule has 0 radical (unpaired) electrons. The van der Waals surface area contributed by atoms with E-state index in [9.17, 15) is 0 Å². The molecule has 0 fully saturated rings. The third-order valence-electron chi connectivity index (χ3n) is 3.19. The average molecular weight is 242 g/mol. The summed E-state index contributed by atoms with van der Waals surface area (Å²) in [6, 6.07) is 0. The third kappa shape index (κ3) is 2.44. The van der Waals surface area contributed by atoms with E-state index in [4.69, 9.17) is 10.5 Å². The van der Waals surface area contributed by atoms with Crippen LogP contribution < -0.4 is 5.73 Å². The van der Waals surface area contributed by atoms with E-state index in [1.54, 1.807) is 18.4 Å². The Labute approximate surface area is 102 Å². The molecule has 0 spiro atoms. The van der Waals surface area contributed by atoms with Crippen molar-refractivity contribution in [3.05, 3.63) is 15.6 Å². The topological polar surface area (TPSA) is 48.1 Å². The lowest BCUT2D eigenvalue weighted by atomic mass is 9.98. The van der Waals surface area contributed by atoms with Gasteiger partial charge in [-0.2, -0.15) is 0 Å². The van der Waals surface area contributed by atoms with E-state index >= 15 is 0 Å². The summed E-state index contributed by atoms with van der Waals surface area (Å²) in [6.45, 7) is 7.02. The van der Waals surface area contributed by atoms with Crippen LogP contribution in [0.1, 0.15) is 42.3 Å². The van der Waals surface area contributed by atoms with Gasteiger partial charge in [0.05, 0.1) is 5.69 Å². The molecule has 4 heteroatoms. The number of hydrogen-bond donors (Lipinski definition) is 1. The van der Waals surface area contributed by atoms with Crippen molar-refractivity contribution in [2.24, 2.45) is 5.73 Å². The Kier molecular flexibility index (Phi) is 4.89. The highest BCUT2D eigenvalue weighted by atomic mass is 32.1. The predicted octanol–water partition coefficient (Wildman–Crippen LogP) is 2.61. The molecule has 0 unspecified atom stereocenters. The van der Waals surface area contributed by atoms with Crippen LogP contribution in [0.4, 0.5) is 0 Å². The SMILES string of the molecule is CCC(CC)(OC)c1nc(C)c(CCN)s1. The van der Waals surface area contributed by atoms with Gasteiger partial charge >= 0.3 is 0 Å². The van der Waals surface area contributed by atoms with Crippen LogP contribution in [-0.2, 0) is 16.8 Å². The molecule has 0 aromatic carbocycles. The molecule has 2 N–H and O–H groups in total. The van der Waals surface area contributed by atoms with Crippen LogP contribution in [0.2, 0.25) is 0 Å². The first-order valence-corrected chi connectivity index (χ1v) is 6.67. The standard InChI is InChI=1S/C12H22N2OS/c1-5-12(6-2,15-4)11-14-9(3)10(16-11)7-8-13/h5-8,13H2,1-4H3. The Balaban J connectivity index is 3.06. The Morgan fingerprint density at radius 3 is 2.44 bits per heavy atom. The van der Waals surface area contributed by atoms with E-state index in [-0.39, 0.29) is 5.60 Å². The number of nitrogens with two attached hydrogens (primary N) is 1. The quantitative estimate of drug-likeness (QED) is 0.834. The van der Waals surface area contributed by atoms with Crippen molar-refractivity contribution in [1.82, 2.24) is 4.98 Å². The largest absolute Gasteiger partial charge is 0.371 e. The average Bonchev–Trinajstić information content (AvgIpc) is 2.65. The summed E-state index contributed by atoms with van der Waals surface area (Å²) in [6.07, 6.45) is 2.82. The maximum atomic E-state index is 5.69. The number of aromatic nitrogens is 1. The summed E-state index contributed by atoms with van der Waals surface area (Å²) >= 11 is 1.75. The highest BCUT2D eigenvalue weighted by Gasteiger charge is 2.32. The van der Waals surface area contributed by atoms with E-state index in [1.165, 1.54) is 4.88 Å². The van der Waals surface area contributed by atoms with E-state index in [0.717, 1.165) is 30.0 Å². The molecule has 1 heterocycles. The number of thiazole rings is 1. The molecule has 0 amide bonds. The number of methoxy groups -OCH3 is 1. The molecule has 92 valence electrons. The van der Waals surface area contributed by atoms with Crippen molar-refractivity contribution in [3.63, 3.8) is 0 Å². The molecule has 0 saturated carbocycles. The van der Waals surface area contributed by atoms with Gasteiger partial charge in [0.1, 0.15) is 10.6 Å². The minimum Gasteiger partial charge on any atom is -0.371 e. The van der Waals surface area contributed by atoms with Gasteiger partial charge in [-0.25, -0.2) is 4.98 Å². The van der Waals surface area contributed by atoms with Crippen LogP contribution >= 0.6 is 11.3 Å². The summed E-state index contributed by atoms with van der Waals surface area (Å²) in [5.41, 5.74) is 6.49. The second kappa shape index (κ2) is 5.75. The fourth-order valence-electron chi connectivity index (χ4n) is 1.91. The Morgan fingerprint density at radius 2 is 2.00 bits per heavy atom. The van der Waals surface area contributed by atoms with Crippen molar-refractivity contribution in [3.8, 4) is 0 Å². The minimum absolute atomic E-state index is 0.206. The smallest absolute Gasteiger partial charge is 0.125 e. The number of ether oxygens (including phenoxy) is 1. The Morgan fingerprint density at radius 1 is 1.38 bits per heavy atom. The third-order valence-corrected chi connectivity index (χ3v) is 4.59. The second-order valence-electron chi connectivity index (χ2n) is 3.97. The molecule has 1 aromatic rings. The molecule has 3 nitrogen and oxygen atoms in total. The highest BCUT2D eigenvalue weighted by Crippen LogP contribution is 2.36. The lowest BCUT2D eigenvalue weighted by molar-refractivity contribution is -0.0219. The van der Waals surface area contributed by atoms with Crippen LogP contribution in [-0.4, -0.2) is 18.6 Å². The zero-order valence-corrected chi connectivity index (χ0v) is 11.5. The minimum atomic E-state index is -0.206. The predicted molar refractivity (Wildman–Crippen MR) is 68.9 cm³/mol. The van der Waals surface area contributed by atoms with Gasteiger partial charge < -0.3 is 10.5 Å². The molecular formula is C12H22N2OS. The van der Waals surface area contributed by atoms with Gasteiger partial charge in [0.15, 0.2) is 0 Å². The monoisotopic (exact) mass is 242 g/mol. The van der Waals surface area contributed by atoms with E-state index in [1.807, 2.05) is 0 Å². The van der Waals surface area contributed by atoms with Crippen LogP contribution in [0.5, 0.6) is 0 Å². The normalized spacial score (nSPS) is 12.1. The van der Waals surface area contributed by atoms with Gasteiger partial charge in [-0.05, 0) is 32.7 Å². The number of nitrogens with zero attached hydrogens (tertiary/aromatic N) is 1. The summed E-state index contributed by atoms with van der Waals surface area (Å²) in [5, 5.41) is 1.10. The zero-order chi connectivity index (χ0) is 12.2. The van der Waals surface area contributed by atoms with Crippen molar-refractivity contribution in [2.45, 2.75) is 45.6 Å². The molecule has 1 aromatic heterocycles. The van der Waals surface area contributed by atoms with Gasteiger partial charge in [0.25, 0.3) is 0 Å². The van der Waals surface area contributed by atoms with Crippen LogP contribution in [0.3, 0.4) is 0 Å². The van der Waals surface area contributed by atoms with Gasteiger partial charge in [-0.15, -0.1) is 11.3 Å². The molecule has 0 aliphatic rings. The highest BCUT2D eigenvalue weighted by molar-refractivity contribution is 7.11. The first kappa shape index (κ1) is 13.6. The molecule has 0 atom stereocenters. The van der Waals surface area contributed by atoms with Crippen LogP contribution in [0.25, 0.3) is 0 Å². The Hall–Kier alpha value is -0.450. The van der Waals surface area contributed by atoms with Gasteiger partial charge in [-0.1, -0.05) is 13.8 Å². The number of hydrogen-bond acceptors (Lipinski definition) is 4. The summed E-state index contributed by atoms with van der Waals surface area (Å²) in [4.78, 5) is 5.94. The number of rotatable bonds is 6. The van der Waals surface area contributed by atoms with Gasteiger partial charge in [0.2, 0.25) is 0 Å². The zero-order valence-electron chi connectivity index (χ0n) is 10.7. The first-order valence-electron chi connectivity index (χ1n) is 5.85. The van der Waals surface area contributed by atoms with Crippen LogP contribution in [0.15, 0.2) is 0 Å². The Bertz CT molecular complexity index is 323. The molecule has 0 bridgehead atoms. The van der Waals surface area contributed by atoms with Gasteiger partial charge in [0, 0.05) is 12.0 Å². The van der Waals surface area contributed by atoms with E-state index in [0.29, 0.717) is 6.54 Å². The first-order chi connectivity index (χ1) is 7.63. The fraction of sp³-hybridized carbons (Fsp3) is 0.750. The van der Waals surface area contributed by atoms with E-state index < -0.39 is 0 Å². The lowest BCUT2D eigenvalue weighted by Crippen LogP contribution is -2.26. The van der Waals surface area contributed by atoms with Crippen molar-refractivity contribution in [2.75, 3.05) is 13.7 Å².